The van der Waals surface area contributed by atoms with Gasteiger partial charge in [-0.3, -0.25) is 9.59 Å². The molecule has 0 fully saturated rings. The molecule has 0 spiro atoms. The number of halogens is 1. The van der Waals surface area contributed by atoms with Gasteiger partial charge in [0.05, 0.1) is 24.8 Å². The Hall–Kier alpha value is -2.12. The molecule has 1 atom stereocenters. The molecule has 0 aromatic heterocycles. The van der Waals surface area contributed by atoms with Gasteiger partial charge in [0.2, 0.25) is 11.8 Å². The van der Waals surface area contributed by atoms with Crippen LogP contribution in [0.4, 0.5) is 0 Å². The summed E-state index contributed by atoms with van der Waals surface area (Å²) in [6.07, 6.45) is 0. The van der Waals surface area contributed by atoms with Crippen molar-refractivity contribution in [1.29, 1.82) is 0 Å². The second kappa shape index (κ2) is 11.4. The molecule has 0 bridgehead atoms. The lowest BCUT2D eigenvalue weighted by Crippen LogP contribution is -2.47. The van der Waals surface area contributed by atoms with Crippen LogP contribution < -0.4 is 16.4 Å². The molecule has 8 heteroatoms. The van der Waals surface area contributed by atoms with E-state index >= 15 is 0 Å². The van der Waals surface area contributed by atoms with Crippen molar-refractivity contribution >= 4 is 30.2 Å². The average Bonchev–Trinajstić information content (AvgIpc) is 2.57. The molecule has 0 aliphatic heterocycles. The maximum absolute atomic E-state index is 11.7. The maximum Gasteiger partial charge on any atom is 0.338 e. The van der Waals surface area contributed by atoms with Crippen LogP contribution in [0.25, 0.3) is 0 Å². The van der Waals surface area contributed by atoms with Crippen molar-refractivity contribution in [3.8, 4) is 0 Å². The zero-order valence-electron chi connectivity index (χ0n) is 14.7. The maximum atomic E-state index is 11.7. The van der Waals surface area contributed by atoms with Crippen molar-refractivity contribution in [1.82, 2.24) is 10.6 Å². The number of nitrogens with one attached hydrogen (secondary N) is 2. The van der Waals surface area contributed by atoms with E-state index in [4.69, 9.17) is 10.5 Å². The molecule has 25 heavy (non-hydrogen) atoms. The summed E-state index contributed by atoms with van der Waals surface area (Å²) in [5.41, 5.74) is 6.98. The summed E-state index contributed by atoms with van der Waals surface area (Å²) in [7, 11) is 0. The van der Waals surface area contributed by atoms with E-state index in [2.05, 4.69) is 10.6 Å². The summed E-state index contributed by atoms with van der Waals surface area (Å²) in [5, 5.41) is 5.19. The third-order valence-corrected chi connectivity index (χ3v) is 3.40. The molecule has 2 amide bonds. The summed E-state index contributed by atoms with van der Waals surface area (Å²) in [4.78, 5) is 34.9. The summed E-state index contributed by atoms with van der Waals surface area (Å²) in [5.74, 6) is -1.03. The molecule has 1 aromatic carbocycles. The van der Waals surface area contributed by atoms with Crippen LogP contribution in [0.2, 0.25) is 0 Å². The number of hydrogen-bond donors (Lipinski definition) is 3. The number of amides is 2. The number of ether oxygens (including phenoxy) is 1. The highest BCUT2D eigenvalue weighted by molar-refractivity contribution is 5.89. The normalized spacial score (nSPS) is 11.2. The van der Waals surface area contributed by atoms with E-state index in [0.29, 0.717) is 18.7 Å². The van der Waals surface area contributed by atoms with Gasteiger partial charge in [0.15, 0.2) is 0 Å². The molecule has 140 valence electrons. The molecule has 0 aliphatic rings. The predicted molar refractivity (Wildman–Crippen MR) is 97.3 cm³/mol. The van der Waals surface area contributed by atoms with Gasteiger partial charge >= 0.3 is 5.97 Å². The molecule has 0 aliphatic carbocycles. The molecule has 7 nitrogen and oxygen atoms in total. The van der Waals surface area contributed by atoms with Crippen LogP contribution in [-0.2, 0) is 20.9 Å². The topological polar surface area (TPSA) is 111 Å². The van der Waals surface area contributed by atoms with Crippen LogP contribution in [0, 0.1) is 5.92 Å². The molecule has 1 aromatic rings. The Labute approximate surface area is 154 Å². The molecule has 0 saturated heterocycles. The van der Waals surface area contributed by atoms with Crippen LogP contribution in [0.1, 0.15) is 36.7 Å². The summed E-state index contributed by atoms with van der Waals surface area (Å²) < 4.78 is 4.90. The van der Waals surface area contributed by atoms with E-state index in [1.165, 1.54) is 0 Å². The Kier molecular flexibility index (Phi) is 10.5. The van der Waals surface area contributed by atoms with E-state index in [1.807, 2.05) is 13.8 Å². The molecule has 0 saturated carbocycles. The summed E-state index contributed by atoms with van der Waals surface area (Å²) in [6.45, 7) is 5.92. The SMILES string of the molecule is CCOC(=O)c1ccc(CNC(=O)CNC(=O)[C@@H](N)C(C)C)cc1.Cl. The van der Waals surface area contributed by atoms with E-state index in [9.17, 15) is 14.4 Å². The smallest absolute Gasteiger partial charge is 0.338 e. The van der Waals surface area contributed by atoms with Gasteiger partial charge in [-0.25, -0.2) is 4.79 Å². The van der Waals surface area contributed by atoms with Crippen molar-refractivity contribution in [2.24, 2.45) is 11.7 Å². The summed E-state index contributed by atoms with van der Waals surface area (Å²) in [6, 6.07) is 6.12. The van der Waals surface area contributed by atoms with E-state index < -0.39 is 6.04 Å². The first kappa shape index (κ1) is 22.9. The van der Waals surface area contributed by atoms with Gasteiger partial charge < -0.3 is 21.1 Å². The monoisotopic (exact) mass is 371 g/mol. The number of carbonyl (C=O) groups excluding carboxylic acids is 3. The Morgan fingerprint density at radius 2 is 1.72 bits per heavy atom. The minimum atomic E-state index is -0.631. The number of carbonyl (C=O) groups is 3. The molecule has 4 N–H and O–H groups in total. The summed E-state index contributed by atoms with van der Waals surface area (Å²) >= 11 is 0. The van der Waals surface area contributed by atoms with Gasteiger partial charge in [0.25, 0.3) is 0 Å². The first-order valence-corrected chi connectivity index (χ1v) is 7.91. The van der Waals surface area contributed by atoms with E-state index in [-0.39, 0.29) is 42.7 Å². The standard InChI is InChI=1S/C17H25N3O4.ClH/c1-4-24-17(23)13-7-5-12(6-8-13)9-19-14(21)10-20-16(22)15(18)11(2)3;/h5-8,11,15H,4,9-10,18H2,1-3H3,(H,19,21)(H,20,22);1H/t15-;/m0./s1. The molecule has 0 radical (unpaired) electrons. The second-order valence-electron chi connectivity index (χ2n) is 5.68. The third-order valence-electron chi connectivity index (χ3n) is 3.40. The fourth-order valence-electron chi connectivity index (χ4n) is 1.82. The minimum absolute atomic E-state index is 0. The van der Waals surface area contributed by atoms with Gasteiger partial charge in [-0.05, 0) is 30.5 Å². The van der Waals surface area contributed by atoms with Crippen molar-refractivity contribution in [3.63, 3.8) is 0 Å². The van der Waals surface area contributed by atoms with Crippen molar-refractivity contribution in [2.45, 2.75) is 33.4 Å². The Morgan fingerprint density at radius 3 is 2.24 bits per heavy atom. The fourth-order valence-corrected chi connectivity index (χ4v) is 1.82. The largest absolute Gasteiger partial charge is 0.462 e. The highest BCUT2D eigenvalue weighted by Gasteiger charge is 2.17. The van der Waals surface area contributed by atoms with E-state index in [0.717, 1.165) is 5.56 Å². The lowest BCUT2D eigenvalue weighted by atomic mass is 10.1. The van der Waals surface area contributed by atoms with Crippen molar-refractivity contribution in [3.05, 3.63) is 35.4 Å². The number of nitrogens with two attached hydrogens (primary N) is 1. The van der Waals surface area contributed by atoms with Gasteiger partial charge in [0, 0.05) is 6.54 Å². The van der Waals surface area contributed by atoms with Gasteiger partial charge in [-0.15, -0.1) is 12.4 Å². The predicted octanol–water partition coefficient (Wildman–Crippen LogP) is 1.00. The van der Waals surface area contributed by atoms with Crippen LogP contribution in [-0.4, -0.2) is 37.0 Å². The molecular formula is C17H26ClN3O4. The van der Waals surface area contributed by atoms with Crippen molar-refractivity contribution in [2.75, 3.05) is 13.2 Å². The van der Waals surface area contributed by atoms with Gasteiger partial charge in [-0.1, -0.05) is 26.0 Å². The third kappa shape index (κ3) is 8.00. The number of rotatable bonds is 8. The first-order chi connectivity index (χ1) is 11.3. The zero-order chi connectivity index (χ0) is 18.1. The molecule has 0 unspecified atom stereocenters. The minimum Gasteiger partial charge on any atom is -0.462 e. The van der Waals surface area contributed by atoms with Crippen LogP contribution in [0.3, 0.4) is 0 Å². The lowest BCUT2D eigenvalue weighted by molar-refractivity contribution is -0.127. The Balaban J connectivity index is 0.00000576. The first-order valence-electron chi connectivity index (χ1n) is 7.91. The number of esters is 1. The van der Waals surface area contributed by atoms with Gasteiger partial charge in [0.1, 0.15) is 0 Å². The van der Waals surface area contributed by atoms with Crippen LogP contribution >= 0.6 is 12.4 Å². The highest BCUT2D eigenvalue weighted by atomic mass is 35.5. The highest BCUT2D eigenvalue weighted by Crippen LogP contribution is 2.06. The molecule has 0 heterocycles. The fraction of sp³-hybridized carbons (Fsp3) is 0.471. The Bertz CT molecular complexity index is 576. The number of benzene rings is 1. The number of hydrogen-bond acceptors (Lipinski definition) is 5. The van der Waals surface area contributed by atoms with E-state index in [1.54, 1.807) is 31.2 Å². The second-order valence-corrected chi connectivity index (χ2v) is 5.68. The van der Waals surface area contributed by atoms with Crippen LogP contribution in [0.5, 0.6) is 0 Å². The molecular weight excluding hydrogens is 346 g/mol. The zero-order valence-corrected chi connectivity index (χ0v) is 15.5. The average molecular weight is 372 g/mol. The van der Waals surface area contributed by atoms with Crippen molar-refractivity contribution < 1.29 is 19.1 Å². The Morgan fingerprint density at radius 1 is 1.12 bits per heavy atom. The molecule has 1 rings (SSSR count). The van der Waals surface area contributed by atoms with Crippen LogP contribution in [0.15, 0.2) is 24.3 Å². The lowest BCUT2D eigenvalue weighted by Gasteiger charge is -2.15. The quantitative estimate of drug-likeness (QED) is 0.590. The van der Waals surface area contributed by atoms with Gasteiger partial charge in [-0.2, -0.15) is 0 Å².